The van der Waals surface area contributed by atoms with Gasteiger partial charge in [0.2, 0.25) is 0 Å². The van der Waals surface area contributed by atoms with Gasteiger partial charge in [-0.25, -0.2) is 9.48 Å². The number of aromatic nitrogens is 2. The largest absolute Gasteiger partial charge is 0.480 e. The molecule has 2 aromatic rings. The number of hydrogen-bond donors (Lipinski definition) is 1. The number of hydrogen-bond acceptors (Lipinski definition) is 3. The molecule has 0 radical (unpaired) electrons. The van der Waals surface area contributed by atoms with Crippen molar-refractivity contribution < 1.29 is 9.90 Å². The predicted molar refractivity (Wildman–Crippen MR) is 63.0 cm³/mol. The molecular formula is C12H12N2O3. The molecule has 0 unspecified atom stereocenters. The zero-order valence-electron chi connectivity index (χ0n) is 9.33. The maximum atomic E-state index is 12.1. The second-order valence-corrected chi connectivity index (χ2v) is 3.74. The van der Waals surface area contributed by atoms with E-state index in [-0.39, 0.29) is 5.56 Å². The summed E-state index contributed by atoms with van der Waals surface area (Å²) in [6, 6.07) is 6.09. The van der Waals surface area contributed by atoms with Gasteiger partial charge in [0.1, 0.15) is 0 Å². The first-order valence-electron chi connectivity index (χ1n) is 5.34. The zero-order valence-corrected chi connectivity index (χ0v) is 9.33. The third kappa shape index (κ3) is 1.91. The van der Waals surface area contributed by atoms with Gasteiger partial charge in [0.05, 0.1) is 11.6 Å². The highest BCUT2D eigenvalue weighted by Crippen LogP contribution is 2.11. The maximum Gasteiger partial charge on any atom is 0.328 e. The van der Waals surface area contributed by atoms with E-state index in [1.54, 1.807) is 25.1 Å². The van der Waals surface area contributed by atoms with Crippen LogP contribution in [0.25, 0.3) is 10.8 Å². The van der Waals surface area contributed by atoms with Gasteiger partial charge >= 0.3 is 5.97 Å². The Bertz CT molecular complexity index is 618. The van der Waals surface area contributed by atoms with E-state index in [2.05, 4.69) is 5.10 Å². The van der Waals surface area contributed by atoms with E-state index < -0.39 is 12.0 Å². The van der Waals surface area contributed by atoms with Gasteiger partial charge in [-0.3, -0.25) is 4.79 Å². The molecule has 1 N–H and O–H groups in total. The first-order valence-corrected chi connectivity index (χ1v) is 5.34. The number of benzene rings is 1. The van der Waals surface area contributed by atoms with Crippen LogP contribution in [-0.2, 0) is 4.79 Å². The van der Waals surface area contributed by atoms with Crippen LogP contribution in [-0.4, -0.2) is 20.9 Å². The zero-order chi connectivity index (χ0) is 12.4. The summed E-state index contributed by atoms with van der Waals surface area (Å²) in [5, 5.41) is 14.2. The lowest BCUT2D eigenvalue weighted by molar-refractivity contribution is -0.141. The van der Waals surface area contributed by atoms with Crippen LogP contribution in [0.15, 0.2) is 35.3 Å². The van der Waals surface area contributed by atoms with Gasteiger partial charge in [0.15, 0.2) is 6.04 Å². The summed E-state index contributed by atoms with van der Waals surface area (Å²) < 4.78 is 1.03. The maximum absolute atomic E-state index is 12.1. The average molecular weight is 232 g/mol. The van der Waals surface area contributed by atoms with Crippen molar-refractivity contribution in [3.8, 4) is 0 Å². The molecule has 1 aromatic carbocycles. The van der Waals surface area contributed by atoms with Crippen molar-refractivity contribution in [3.63, 3.8) is 0 Å². The highest BCUT2D eigenvalue weighted by atomic mass is 16.4. The van der Waals surface area contributed by atoms with Gasteiger partial charge < -0.3 is 5.11 Å². The van der Waals surface area contributed by atoms with Crippen molar-refractivity contribution in [1.82, 2.24) is 9.78 Å². The highest BCUT2D eigenvalue weighted by molar-refractivity contribution is 5.80. The molecule has 0 saturated carbocycles. The minimum atomic E-state index is -1.04. The number of fused-ring (bicyclic) bond motifs is 1. The van der Waals surface area contributed by atoms with Crippen LogP contribution in [0.2, 0.25) is 0 Å². The van der Waals surface area contributed by atoms with Gasteiger partial charge in [0.25, 0.3) is 5.56 Å². The molecule has 0 fully saturated rings. The van der Waals surface area contributed by atoms with Crippen molar-refractivity contribution in [3.05, 3.63) is 40.8 Å². The summed E-state index contributed by atoms with van der Waals surface area (Å²) in [5.41, 5.74) is -0.364. The molecular weight excluding hydrogens is 220 g/mol. The summed E-state index contributed by atoms with van der Waals surface area (Å²) in [6.07, 6.45) is 1.84. The average Bonchev–Trinajstić information content (AvgIpc) is 2.33. The van der Waals surface area contributed by atoms with Crippen molar-refractivity contribution in [2.45, 2.75) is 19.4 Å². The molecule has 1 aromatic heterocycles. The Morgan fingerprint density at radius 1 is 1.47 bits per heavy atom. The van der Waals surface area contributed by atoms with E-state index in [1.165, 1.54) is 6.20 Å². The number of carboxylic acid groups (broad SMARTS) is 1. The molecule has 88 valence electrons. The van der Waals surface area contributed by atoms with Gasteiger partial charge in [-0.05, 0) is 12.5 Å². The molecule has 0 saturated heterocycles. The fraction of sp³-hybridized carbons (Fsp3) is 0.250. The highest BCUT2D eigenvalue weighted by Gasteiger charge is 2.20. The first kappa shape index (κ1) is 11.3. The Hall–Kier alpha value is -2.17. The van der Waals surface area contributed by atoms with Crippen LogP contribution in [0.5, 0.6) is 0 Å². The first-order chi connectivity index (χ1) is 8.15. The minimum absolute atomic E-state index is 0.320. The van der Waals surface area contributed by atoms with E-state index in [0.717, 1.165) is 4.68 Å². The Morgan fingerprint density at radius 3 is 2.82 bits per heavy atom. The second kappa shape index (κ2) is 4.37. The monoisotopic (exact) mass is 232 g/mol. The van der Waals surface area contributed by atoms with Crippen molar-refractivity contribution in [1.29, 1.82) is 0 Å². The molecule has 17 heavy (non-hydrogen) atoms. The molecule has 5 heteroatoms. The molecule has 0 spiro atoms. The fourth-order valence-corrected chi connectivity index (χ4v) is 1.78. The number of aliphatic carboxylic acids is 1. The molecule has 2 rings (SSSR count). The minimum Gasteiger partial charge on any atom is -0.480 e. The summed E-state index contributed by atoms with van der Waals surface area (Å²) in [6.45, 7) is 1.71. The molecule has 1 heterocycles. The lowest BCUT2D eigenvalue weighted by Gasteiger charge is -2.12. The fourth-order valence-electron chi connectivity index (χ4n) is 1.78. The van der Waals surface area contributed by atoms with E-state index in [1.807, 2.05) is 6.07 Å². The Kier molecular flexibility index (Phi) is 2.91. The normalized spacial score (nSPS) is 12.5. The molecule has 5 nitrogen and oxygen atoms in total. The van der Waals surface area contributed by atoms with Crippen molar-refractivity contribution in [2.75, 3.05) is 0 Å². The smallest absolute Gasteiger partial charge is 0.328 e. The SMILES string of the molecule is CC[C@@H](C(=O)O)n1ncc2ccccc2c1=O. The van der Waals surface area contributed by atoms with E-state index >= 15 is 0 Å². The van der Waals surface area contributed by atoms with E-state index in [9.17, 15) is 9.59 Å². The summed E-state index contributed by atoms with van der Waals surface area (Å²) in [4.78, 5) is 23.1. The van der Waals surface area contributed by atoms with Gasteiger partial charge in [-0.2, -0.15) is 5.10 Å². The van der Waals surface area contributed by atoms with E-state index in [0.29, 0.717) is 17.2 Å². The summed E-state index contributed by atoms with van der Waals surface area (Å²) >= 11 is 0. The Balaban J connectivity index is 2.68. The molecule has 0 amide bonds. The van der Waals surface area contributed by atoms with Crippen LogP contribution >= 0.6 is 0 Å². The topological polar surface area (TPSA) is 72.2 Å². The van der Waals surface area contributed by atoms with Crippen LogP contribution in [0.1, 0.15) is 19.4 Å². The number of rotatable bonds is 3. The molecule has 1 atom stereocenters. The summed E-state index contributed by atoms with van der Waals surface area (Å²) in [7, 11) is 0. The Labute approximate surface area is 97.3 Å². The lowest BCUT2D eigenvalue weighted by Crippen LogP contribution is -2.31. The third-order valence-electron chi connectivity index (χ3n) is 2.69. The number of carbonyl (C=O) groups is 1. The standard InChI is InChI=1S/C12H12N2O3/c1-2-10(12(16)17)14-11(15)9-6-4-3-5-8(9)7-13-14/h3-7,10H,2H2,1H3,(H,16,17)/t10-/m0/s1. The molecule has 0 bridgehead atoms. The van der Waals surface area contributed by atoms with Gasteiger partial charge in [-0.15, -0.1) is 0 Å². The Morgan fingerprint density at radius 2 is 2.18 bits per heavy atom. The van der Waals surface area contributed by atoms with Crippen LogP contribution in [0, 0.1) is 0 Å². The van der Waals surface area contributed by atoms with Crippen LogP contribution < -0.4 is 5.56 Å². The van der Waals surface area contributed by atoms with Crippen molar-refractivity contribution in [2.24, 2.45) is 0 Å². The molecule has 0 aliphatic heterocycles. The third-order valence-corrected chi connectivity index (χ3v) is 2.69. The number of carboxylic acids is 1. The van der Waals surface area contributed by atoms with Crippen LogP contribution in [0.3, 0.4) is 0 Å². The quantitative estimate of drug-likeness (QED) is 0.868. The van der Waals surface area contributed by atoms with Crippen LogP contribution in [0.4, 0.5) is 0 Å². The summed E-state index contributed by atoms with van der Waals surface area (Å²) in [5.74, 6) is -1.04. The van der Waals surface area contributed by atoms with Gasteiger partial charge in [-0.1, -0.05) is 25.1 Å². The van der Waals surface area contributed by atoms with Crippen molar-refractivity contribution >= 4 is 16.7 Å². The van der Waals surface area contributed by atoms with E-state index in [4.69, 9.17) is 5.11 Å². The predicted octanol–water partition coefficient (Wildman–Crippen LogP) is 1.43. The lowest BCUT2D eigenvalue weighted by atomic mass is 10.2. The molecule has 0 aliphatic rings. The number of nitrogens with zero attached hydrogens (tertiary/aromatic N) is 2. The van der Waals surface area contributed by atoms with Gasteiger partial charge in [0, 0.05) is 5.39 Å². The second-order valence-electron chi connectivity index (χ2n) is 3.74. The molecule has 0 aliphatic carbocycles.